The van der Waals surface area contributed by atoms with E-state index in [9.17, 15) is 9.59 Å². The molecule has 4 aliphatic carbocycles. The number of rotatable bonds is 15. The van der Waals surface area contributed by atoms with E-state index in [4.69, 9.17) is 9.47 Å². The van der Waals surface area contributed by atoms with Crippen molar-refractivity contribution >= 4 is 12.2 Å². The summed E-state index contributed by atoms with van der Waals surface area (Å²) in [6, 6.07) is 18.1. The minimum Gasteiger partial charge on any atom is -0.494 e. The molecule has 1 N–H and O–H groups in total. The highest BCUT2D eigenvalue weighted by Crippen LogP contribution is 2.69. The number of benzene rings is 2. The third kappa shape index (κ3) is 5.92. The molecule has 6 rings (SSSR count). The van der Waals surface area contributed by atoms with Crippen LogP contribution in [0.25, 0.3) is 0 Å². The van der Waals surface area contributed by atoms with Crippen molar-refractivity contribution in [2.75, 3.05) is 19.8 Å². The van der Waals surface area contributed by atoms with Crippen LogP contribution < -0.4 is 14.8 Å². The molecule has 39 heavy (non-hydrogen) atoms. The van der Waals surface area contributed by atoms with Crippen molar-refractivity contribution in [3.8, 4) is 11.5 Å². The van der Waals surface area contributed by atoms with Gasteiger partial charge in [0.1, 0.15) is 17.8 Å². The molecule has 1 amide bonds. The van der Waals surface area contributed by atoms with Gasteiger partial charge in [0.25, 0.3) is 0 Å². The lowest BCUT2D eigenvalue weighted by atomic mass is 9.57. The van der Waals surface area contributed by atoms with E-state index in [0.717, 1.165) is 73.9 Å². The highest BCUT2D eigenvalue weighted by atomic mass is 16.5. The summed E-state index contributed by atoms with van der Waals surface area (Å²) in [6.45, 7) is 4.11. The Kier molecular flexibility index (Phi) is 9.06. The standard InChI is InChI=1S/C34H43NO4/c1-2-38-30-14-10-27(11-15-30)34(29-22-25-21-26(24-29)32(34)23-25)28-12-16-31(17-13-28)39-20-7-5-3-4-6-18-35-33(37)9-8-19-36/h8-17,19,25-26,29,32H,2-7,18,20-24H2,1H3,(H,35,37)/b9-8-. The van der Waals surface area contributed by atoms with Crippen molar-refractivity contribution in [1.82, 2.24) is 5.32 Å². The average molecular weight is 530 g/mol. The molecular weight excluding hydrogens is 486 g/mol. The summed E-state index contributed by atoms with van der Waals surface area (Å²) in [5, 5.41) is 2.79. The van der Waals surface area contributed by atoms with E-state index in [0.29, 0.717) is 19.4 Å². The molecule has 4 bridgehead atoms. The third-order valence-electron chi connectivity index (χ3n) is 9.42. The maximum Gasteiger partial charge on any atom is 0.244 e. The number of allylic oxidation sites excluding steroid dienone is 1. The van der Waals surface area contributed by atoms with Crippen molar-refractivity contribution in [2.45, 2.75) is 70.1 Å². The van der Waals surface area contributed by atoms with E-state index in [1.807, 2.05) is 6.92 Å². The first kappa shape index (κ1) is 27.5. The van der Waals surface area contributed by atoms with Crippen molar-refractivity contribution in [3.05, 3.63) is 71.8 Å². The van der Waals surface area contributed by atoms with Crippen molar-refractivity contribution in [3.63, 3.8) is 0 Å². The minimum atomic E-state index is -0.209. The summed E-state index contributed by atoms with van der Waals surface area (Å²) in [7, 11) is 0. The zero-order valence-electron chi connectivity index (χ0n) is 23.3. The first-order valence-electron chi connectivity index (χ1n) is 15.0. The molecule has 4 aliphatic rings. The number of hydrogen-bond donors (Lipinski definition) is 1. The second-order valence-electron chi connectivity index (χ2n) is 11.6. The van der Waals surface area contributed by atoms with Gasteiger partial charge in [-0.05, 0) is 111 Å². The Morgan fingerprint density at radius 1 is 0.872 bits per heavy atom. The molecule has 5 atom stereocenters. The number of amides is 1. The van der Waals surface area contributed by atoms with Gasteiger partial charge in [-0.3, -0.25) is 9.59 Å². The monoisotopic (exact) mass is 529 g/mol. The maximum atomic E-state index is 11.4. The first-order valence-corrected chi connectivity index (χ1v) is 15.0. The topological polar surface area (TPSA) is 64.6 Å². The van der Waals surface area contributed by atoms with Gasteiger partial charge >= 0.3 is 0 Å². The van der Waals surface area contributed by atoms with Gasteiger partial charge in [-0.25, -0.2) is 0 Å². The highest BCUT2D eigenvalue weighted by molar-refractivity contribution is 5.90. The van der Waals surface area contributed by atoms with Crippen LogP contribution in [-0.2, 0) is 15.0 Å². The molecule has 0 spiro atoms. The highest BCUT2D eigenvalue weighted by Gasteiger charge is 2.63. The minimum absolute atomic E-state index is 0.116. The van der Waals surface area contributed by atoms with Gasteiger partial charge in [-0.1, -0.05) is 43.5 Å². The molecule has 5 unspecified atom stereocenters. The predicted molar refractivity (Wildman–Crippen MR) is 154 cm³/mol. The molecule has 208 valence electrons. The van der Waals surface area contributed by atoms with E-state index in [-0.39, 0.29) is 11.3 Å². The van der Waals surface area contributed by atoms with E-state index in [1.165, 1.54) is 49.0 Å². The lowest BCUT2D eigenvalue weighted by Crippen LogP contribution is -2.41. The second-order valence-corrected chi connectivity index (χ2v) is 11.6. The molecule has 4 fully saturated rings. The number of carbonyl (C=O) groups excluding carboxylic acids is 2. The van der Waals surface area contributed by atoms with Crippen molar-refractivity contribution in [1.29, 1.82) is 0 Å². The number of hydrogen-bond acceptors (Lipinski definition) is 4. The molecule has 4 saturated carbocycles. The molecule has 0 saturated heterocycles. The maximum absolute atomic E-state index is 11.4. The van der Waals surface area contributed by atoms with Crippen LogP contribution in [-0.4, -0.2) is 32.0 Å². The van der Waals surface area contributed by atoms with Crippen LogP contribution in [0.4, 0.5) is 0 Å². The number of carbonyl (C=O) groups is 2. The van der Waals surface area contributed by atoms with E-state index in [1.54, 1.807) is 0 Å². The second kappa shape index (κ2) is 12.8. The van der Waals surface area contributed by atoms with Crippen LogP contribution in [0.15, 0.2) is 60.7 Å². The first-order chi connectivity index (χ1) is 19.1. The van der Waals surface area contributed by atoms with Crippen LogP contribution in [0.1, 0.15) is 75.8 Å². The normalized spacial score (nSPS) is 26.7. The molecule has 2 aromatic rings. The Bertz CT molecular complexity index is 1120. The predicted octanol–water partition coefficient (Wildman–Crippen LogP) is 6.64. The lowest BCUT2D eigenvalue weighted by Gasteiger charge is -2.46. The molecule has 5 nitrogen and oxygen atoms in total. The summed E-state index contributed by atoms with van der Waals surface area (Å²) in [6.07, 6.45) is 13.9. The zero-order chi connectivity index (χ0) is 27.1. The Hall–Kier alpha value is -3.08. The Balaban J connectivity index is 1.13. The van der Waals surface area contributed by atoms with Crippen molar-refractivity contribution in [2.24, 2.45) is 23.7 Å². The van der Waals surface area contributed by atoms with E-state index < -0.39 is 0 Å². The van der Waals surface area contributed by atoms with Gasteiger partial charge in [0.05, 0.1) is 13.2 Å². The summed E-state index contributed by atoms with van der Waals surface area (Å²) >= 11 is 0. The van der Waals surface area contributed by atoms with Crippen LogP contribution in [0.3, 0.4) is 0 Å². The number of nitrogens with one attached hydrogen (secondary N) is 1. The van der Waals surface area contributed by atoms with Crippen LogP contribution in [0, 0.1) is 23.7 Å². The molecule has 0 radical (unpaired) electrons. The number of unbranched alkanes of at least 4 members (excludes halogenated alkanes) is 4. The summed E-state index contributed by atoms with van der Waals surface area (Å²) in [5.74, 6) is 4.98. The summed E-state index contributed by atoms with van der Waals surface area (Å²) in [5.41, 5.74) is 3.05. The van der Waals surface area contributed by atoms with Gasteiger partial charge in [0.2, 0.25) is 5.91 Å². The van der Waals surface area contributed by atoms with Crippen molar-refractivity contribution < 1.29 is 19.1 Å². The summed E-state index contributed by atoms with van der Waals surface area (Å²) in [4.78, 5) is 21.7. The molecule has 0 heterocycles. The summed E-state index contributed by atoms with van der Waals surface area (Å²) < 4.78 is 11.9. The quantitative estimate of drug-likeness (QED) is 0.160. The van der Waals surface area contributed by atoms with Gasteiger partial charge in [-0.15, -0.1) is 0 Å². The lowest BCUT2D eigenvalue weighted by molar-refractivity contribution is -0.116. The number of aldehydes is 1. The fraction of sp³-hybridized carbons (Fsp3) is 0.529. The molecule has 5 heteroatoms. The Labute approximate surface area is 233 Å². The largest absolute Gasteiger partial charge is 0.494 e. The molecular formula is C34H43NO4. The van der Waals surface area contributed by atoms with E-state index >= 15 is 0 Å². The Morgan fingerprint density at radius 2 is 1.54 bits per heavy atom. The van der Waals surface area contributed by atoms with E-state index in [2.05, 4.69) is 53.8 Å². The molecule has 0 aromatic heterocycles. The van der Waals surface area contributed by atoms with Gasteiger partial charge in [0, 0.05) is 18.0 Å². The fourth-order valence-electron chi connectivity index (χ4n) is 8.02. The third-order valence-corrected chi connectivity index (χ3v) is 9.42. The van der Waals surface area contributed by atoms with Crippen LogP contribution in [0.2, 0.25) is 0 Å². The van der Waals surface area contributed by atoms with Gasteiger partial charge < -0.3 is 14.8 Å². The van der Waals surface area contributed by atoms with Gasteiger partial charge in [-0.2, -0.15) is 0 Å². The fourth-order valence-corrected chi connectivity index (χ4v) is 8.02. The zero-order valence-corrected chi connectivity index (χ0v) is 23.3. The SMILES string of the molecule is CCOc1ccc(C2(c3ccc(OCCCCCCCNC(=O)/C=C\C=O)cc3)C3CC4CC(C3)C2C4)cc1. The van der Waals surface area contributed by atoms with Crippen LogP contribution >= 0.6 is 0 Å². The Morgan fingerprint density at radius 3 is 2.21 bits per heavy atom. The smallest absolute Gasteiger partial charge is 0.244 e. The molecule has 2 aromatic carbocycles. The average Bonchev–Trinajstić information content (AvgIpc) is 3.37. The number of ether oxygens (including phenoxy) is 2. The van der Waals surface area contributed by atoms with Gasteiger partial charge in [0.15, 0.2) is 0 Å². The van der Waals surface area contributed by atoms with Crippen LogP contribution in [0.5, 0.6) is 11.5 Å². The molecule has 0 aliphatic heterocycles.